The van der Waals surface area contributed by atoms with Crippen molar-refractivity contribution in [2.75, 3.05) is 25.5 Å². The first-order valence-corrected chi connectivity index (χ1v) is 11.2. The maximum atomic E-state index is 13.5. The molecule has 0 bridgehead atoms. The molecule has 9 heteroatoms. The van der Waals surface area contributed by atoms with Gasteiger partial charge in [-0.2, -0.15) is 5.26 Å². The van der Waals surface area contributed by atoms with Gasteiger partial charge < -0.3 is 19.5 Å². The maximum Gasteiger partial charge on any atom is 0.254 e. The van der Waals surface area contributed by atoms with Crippen LogP contribution in [0.25, 0.3) is 0 Å². The number of amides is 1. The number of nitriles is 1. The average Bonchev–Trinajstić information content (AvgIpc) is 3.26. The van der Waals surface area contributed by atoms with Gasteiger partial charge >= 0.3 is 0 Å². The number of ether oxygens (including phenoxy) is 1. The fourth-order valence-electron chi connectivity index (χ4n) is 4.17. The van der Waals surface area contributed by atoms with E-state index in [-0.39, 0.29) is 17.6 Å². The van der Waals surface area contributed by atoms with Crippen molar-refractivity contribution in [3.63, 3.8) is 0 Å². The van der Waals surface area contributed by atoms with E-state index in [2.05, 4.69) is 15.3 Å². The standard InChI is InChI=1S/C24H25ClN6O2/c1-4-33-22-11-17(13-29-21(22)12-26)15(2)31-7-5-18-19(23(31)32)9-16(10-20(18)25)14-30-8-6-28-24(30)27-3/h6,8-11,13,15H,4-5,7,14H2,1-3H3,(H,27,28)/t15-/m1/s1. The second-order valence-electron chi connectivity index (χ2n) is 7.82. The molecule has 1 aliphatic heterocycles. The predicted octanol–water partition coefficient (Wildman–Crippen LogP) is 4.05. The van der Waals surface area contributed by atoms with Gasteiger partial charge in [0, 0.05) is 42.8 Å². The molecule has 0 spiro atoms. The molecule has 0 radical (unpaired) electrons. The van der Waals surface area contributed by atoms with E-state index in [4.69, 9.17) is 16.3 Å². The van der Waals surface area contributed by atoms with Crippen molar-refractivity contribution in [1.29, 1.82) is 5.26 Å². The highest BCUT2D eigenvalue weighted by Crippen LogP contribution is 2.33. The third-order valence-corrected chi connectivity index (χ3v) is 6.21. The second kappa shape index (κ2) is 9.51. The van der Waals surface area contributed by atoms with Gasteiger partial charge in [0.05, 0.1) is 19.2 Å². The number of hydrogen-bond donors (Lipinski definition) is 1. The molecule has 4 rings (SSSR count). The zero-order chi connectivity index (χ0) is 23.5. The van der Waals surface area contributed by atoms with Crippen LogP contribution < -0.4 is 10.1 Å². The highest BCUT2D eigenvalue weighted by atomic mass is 35.5. The molecular weight excluding hydrogens is 440 g/mol. The summed E-state index contributed by atoms with van der Waals surface area (Å²) in [6, 6.07) is 7.44. The minimum Gasteiger partial charge on any atom is -0.491 e. The van der Waals surface area contributed by atoms with Crippen LogP contribution in [-0.4, -0.2) is 45.5 Å². The minimum absolute atomic E-state index is 0.0747. The number of pyridine rings is 1. The van der Waals surface area contributed by atoms with E-state index in [0.29, 0.717) is 42.5 Å². The minimum atomic E-state index is -0.239. The molecule has 170 valence electrons. The molecule has 2 aromatic heterocycles. The number of halogens is 1. The molecule has 0 saturated carbocycles. The van der Waals surface area contributed by atoms with Crippen molar-refractivity contribution in [3.8, 4) is 11.8 Å². The molecule has 0 aliphatic carbocycles. The van der Waals surface area contributed by atoms with E-state index < -0.39 is 0 Å². The summed E-state index contributed by atoms with van der Waals surface area (Å²) < 4.78 is 7.53. The summed E-state index contributed by atoms with van der Waals surface area (Å²) in [4.78, 5) is 23.8. The molecule has 1 amide bonds. The lowest BCUT2D eigenvalue weighted by Crippen LogP contribution is -2.39. The Labute approximate surface area is 197 Å². The first kappa shape index (κ1) is 22.6. The van der Waals surface area contributed by atoms with E-state index in [1.807, 2.05) is 54.8 Å². The van der Waals surface area contributed by atoms with Gasteiger partial charge in [0.15, 0.2) is 11.4 Å². The number of rotatable bonds is 7. The normalized spacial score (nSPS) is 13.9. The van der Waals surface area contributed by atoms with Crippen LogP contribution in [0.4, 0.5) is 5.95 Å². The lowest BCUT2D eigenvalue weighted by Gasteiger charge is -2.34. The van der Waals surface area contributed by atoms with E-state index in [1.54, 1.807) is 18.5 Å². The molecular formula is C24H25ClN6O2. The number of nitrogens with one attached hydrogen (secondary N) is 1. The summed E-state index contributed by atoms with van der Waals surface area (Å²) in [5.41, 5.74) is 3.47. The van der Waals surface area contributed by atoms with Crippen LogP contribution in [0.15, 0.2) is 36.8 Å². The third kappa shape index (κ3) is 4.37. The van der Waals surface area contributed by atoms with Gasteiger partial charge in [-0.05, 0) is 55.2 Å². The number of hydrogen-bond acceptors (Lipinski definition) is 6. The topological polar surface area (TPSA) is 96.1 Å². The predicted molar refractivity (Wildman–Crippen MR) is 126 cm³/mol. The van der Waals surface area contributed by atoms with Crippen molar-refractivity contribution in [2.24, 2.45) is 0 Å². The summed E-state index contributed by atoms with van der Waals surface area (Å²) in [6.45, 7) is 5.33. The number of carbonyl (C=O) groups is 1. The summed E-state index contributed by atoms with van der Waals surface area (Å²) >= 11 is 6.59. The quantitative estimate of drug-likeness (QED) is 0.566. The molecule has 0 unspecified atom stereocenters. The Kier molecular flexibility index (Phi) is 6.52. The van der Waals surface area contributed by atoms with Gasteiger partial charge in [0.2, 0.25) is 5.95 Å². The van der Waals surface area contributed by atoms with E-state index >= 15 is 0 Å². The molecule has 33 heavy (non-hydrogen) atoms. The van der Waals surface area contributed by atoms with E-state index in [0.717, 1.165) is 22.6 Å². The Hall–Kier alpha value is -3.57. The van der Waals surface area contributed by atoms with Crippen LogP contribution in [0.5, 0.6) is 5.75 Å². The van der Waals surface area contributed by atoms with Crippen LogP contribution in [0.2, 0.25) is 5.02 Å². The molecule has 0 fully saturated rings. The molecule has 1 aromatic carbocycles. The Balaban J connectivity index is 1.63. The Morgan fingerprint density at radius 1 is 1.33 bits per heavy atom. The fourth-order valence-corrected chi connectivity index (χ4v) is 4.50. The average molecular weight is 465 g/mol. The van der Waals surface area contributed by atoms with Crippen molar-refractivity contribution in [1.82, 2.24) is 19.4 Å². The fraction of sp³-hybridized carbons (Fsp3) is 0.333. The first-order valence-electron chi connectivity index (χ1n) is 10.8. The lowest BCUT2D eigenvalue weighted by atomic mass is 9.94. The van der Waals surface area contributed by atoms with Crippen LogP contribution >= 0.6 is 11.6 Å². The number of benzene rings is 1. The van der Waals surface area contributed by atoms with Gasteiger partial charge in [-0.15, -0.1) is 0 Å². The van der Waals surface area contributed by atoms with Crippen molar-refractivity contribution >= 4 is 23.5 Å². The summed E-state index contributed by atoms with van der Waals surface area (Å²) in [5, 5.41) is 12.9. The first-order chi connectivity index (χ1) is 16.0. The molecule has 0 saturated heterocycles. The zero-order valence-corrected chi connectivity index (χ0v) is 19.6. The molecule has 1 atom stereocenters. The number of nitrogens with zero attached hydrogens (tertiary/aromatic N) is 5. The van der Waals surface area contributed by atoms with Gasteiger partial charge in [0.1, 0.15) is 6.07 Å². The summed E-state index contributed by atoms with van der Waals surface area (Å²) in [5.74, 6) is 1.10. The van der Waals surface area contributed by atoms with Crippen molar-refractivity contribution < 1.29 is 9.53 Å². The Bertz CT molecular complexity index is 1230. The smallest absolute Gasteiger partial charge is 0.254 e. The van der Waals surface area contributed by atoms with Crippen LogP contribution in [0.3, 0.4) is 0 Å². The van der Waals surface area contributed by atoms with Crippen LogP contribution in [-0.2, 0) is 13.0 Å². The Morgan fingerprint density at radius 3 is 2.88 bits per heavy atom. The maximum absolute atomic E-state index is 13.5. The van der Waals surface area contributed by atoms with Crippen LogP contribution in [0.1, 0.15) is 52.6 Å². The summed E-state index contributed by atoms with van der Waals surface area (Å²) in [6.07, 6.45) is 5.90. The number of carbonyl (C=O) groups excluding carboxylic acids is 1. The van der Waals surface area contributed by atoms with Crippen molar-refractivity contribution in [3.05, 3.63) is 69.8 Å². The third-order valence-electron chi connectivity index (χ3n) is 5.87. The second-order valence-corrected chi connectivity index (χ2v) is 8.22. The molecule has 3 heterocycles. The molecule has 1 aliphatic rings. The van der Waals surface area contributed by atoms with Gasteiger partial charge in [-0.25, -0.2) is 9.97 Å². The van der Waals surface area contributed by atoms with E-state index in [1.165, 1.54) is 0 Å². The number of fused-ring (bicyclic) bond motifs is 1. The Morgan fingerprint density at radius 2 is 2.15 bits per heavy atom. The zero-order valence-electron chi connectivity index (χ0n) is 18.8. The van der Waals surface area contributed by atoms with Crippen LogP contribution in [0, 0.1) is 11.3 Å². The number of aromatic nitrogens is 3. The number of anilines is 1. The van der Waals surface area contributed by atoms with Gasteiger partial charge in [0.25, 0.3) is 5.91 Å². The number of imidazole rings is 1. The summed E-state index contributed by atoms with van der Waals surface area (Å²) in [7, 11) is 1.82. The molecule has 8 nitrogen and oxygen atoms in total. The monoisotopic (exact) mass is 464 g/mol. The van der Waals surface area contributed by atoms with Gasteiger partial charge in [-0.1, -0.05) is 11.6 Å². The SMILES string of the molecule is CCOc1cc([C@@H](C)N2CCc3c(Cl)cc(Cn4ccnc4NC)cc3C2=O)cnc1C#N. The highest BCUT2D eigenvalue weighted by Gasteiger charge is 2.31. The van der Waals surface area contributed by atoms with Gasteiger partial charge in [-0.3, -0.25) is 4.79 Å². The highest BCUT2D eigenvalue weighted by molar-refractivity contribution is 6.32. The van der Waals surface area contributed by atoms with E-state index in [9.17, 15) is 10.1 Å². The molecule has 1 N–H and O–H groups in total. The van der Waals surface area contributed by atoms with Crippen molar-refractivity contribution in [2.45, 2.75) is 32.9 Å². The largest absolute Gasteiger partial charge is 0.491 e. The molecule has 3 aromatic rings. The lowest BCUT2D eigenvalue weighted by molar-refractivity contribution is 0.0672.